The molecule has 0 bridgehead atoms. The van der Waals surface area contributed by atoms with E-state index in [-0.39, 0.29) is 5.91 Å². The van der Waals surface area contributed by atoms with Gasteiger partial charge in [-0.3, -0.25) is 9.69 Å². The third-order valence-electron chi connectivity index (χ3n) is 4.32. The molecule has 1 aromatic heterocycles. The molecule has 134 valence electrons. The Hall–Kier alpha value is -1.73. The Kier molecular flexibility index (Phi) is 8.48. The van der Waals surface area contributed by atoms with Gasteiger partial charge in [0.05, 0.1) is 0 Å². The summed E-state index contributed by atoms with van der Waals surface area (Å²) in [5.41, 5.74) is 5.45. The Labute approximate surface area is 144 Å². The fourth-order valence-electron chi connectivity index (χ4n) is 2.85. The molecule has 24 heavy (non-hydrogen) atoms. The first kappa shape index (κ1) is 18.6. The summed E-state index contributed by atoms with van der Waals surface area (Å²) in [7, 11) is 0. The van der Waals surface area contributed by atoms with Crippen LogP contribution in [0.15, 0.2) is 18.5 Å². The summed E-state index contributed by atoms with van der Waals surface area (Å²) in [6.45, 7) is 6.19. The van der Waals surface area contributed by atoms with Crippen LogP contribution in [0.1, 0.15) is 32.1 Å². The molecule has 1 aromatic rings. The molecule has 7 nitrogen and oxygen atoms in total. The molecule has 0 radical (unpaired) electrons. The molecular weight excluding hydrogens is 304 g/mol. The smallest absolute Gasteiger partial charge is 0.225 e. The lowest BCUT2D eigenvalue weighted by Gasteiger charge is -2.34. The Bertz CT molecular complexity index is 461. The van der Waals surface area contributed by atoms with Gasteiger partial charge in [-0.15, -0.1) is 0 Å². The molecule has 0 saturated carbocycles. The van der Waals surface area contributed by atoms with E-state index in [9.17, 15) is 4.79 Å². The Morgan fingerprint density at radius 2 is 1.79 bits per heavy atom. The van der Waals surface area contributed by atoms with Crippen LogP contribution in [-0.4, -0.2) is 66.6 Å². The Morgan fingerprint density at radius 1 is 1.08 bits per heavy atom. The summed E-state index contributed by atoms with van der Waals surface area (Å²) in [5, 5.41) is 3.02. The van der Waals surface area contributed by atoms with Crippen molar-refractivity contribution in [3.8, 4) is 0 Å². The van der Waals surface area contributed by atoms with E-state index >= 15 is 0 Å². The number of rotatable bonds is 10. The maximum Gasteiger partial charge on any atom is 0.225 e. The maximum atomic E-state index is 11.8. The molecule has 1 aliphatic rings. The van der Waals surface area contributed by atoms with Gasteiger partial charge in [0.15, 0.2) is 0 Å². The van der Waals surface area contributed by atoms with Crippen molar-refractivity contribution in [2.24, 2.45) is 5.73 Å². The molecule has 0 spiro atoms. The highest BCUT2D eigenvalue weighted by atomic mass is 16.1. The topological polar surface area (TPSA) is 87.4 Å². The number of amides is 1. The monoisotopic (exact) mass is 334 g/mol. The van der Waals surface area contributed by atoms with Gasteiger partial charge < -0.3 is 16.0 Å². The molecule has 2 heterocycles. The van der Waals surface area contributed by atoms with Crippen LogP contribution in [0, 0.1) is 0 Å². The molecule has 0 aliphatic carbocycles. The molecule has 2 rings (SSSR count). The zero-order chi connectivity index (χ0) is 17.0. The number of carbonyl (C=O) groups excluding carboxylic acids is 1. The predicted molar refractivity (Wildman–Crippen MR) is 95.8 cm³/mol. The summed E-state index contributed by atoms with van der Waals surface area (Å²) >= 11 is 0. The van der Waals surface area contributed by atoms with Gasteiger partial charge in [-0.2, -0.15) is 0 Å². The van der Waals surface area contributed by atoms with Gasteiger partial charge >= 0.3 is 0 Å². The summed E-state index contributed by atoms with van der Waals surface area (Å²) in [4.78, 5) is 24.9. The largest absolute Gasteiger partial charge is 0.355 e. The van der Waals surface area contributed by atoms with Crippen LogP contribution >= 0.6 is 0 Å². The average molecular weight is 334 g/mol. The lowest BCUT2D eigenvalue weighted by molar-refractivity contribution is -0.121. The number of carbonyl (C=O) groups is 1. The minimum Gasteiger partial charge on any atom is -0.355 e. The van der Waals surface area contributed by atoms with Crippen LogP contribution in [0.3, 0.4) is 0 Å². The minimum absolute atomic E-state index is 0.166. The first-order chi connectivity index (χ1) is 11.8. The zero-order valence-electron chi connectivity index (χ0n) is 14.5. The van der Waals surface area contributed by atoms with E-state index in [0.29, 0.717) is 6.42 Å². The average Bonchev–Trinajstić information content (AvgIpc) is 2.63. The van der Waals surface area contributed by atoms with Gasteiger partial charge in [-0.1, -0.05) is 12.8 Å². The standard InChI is InChI=1S/C17H30N6O/c18-7-4-2-1-3-6-16(24)19-10-11-22-12-14-23(15-13-22)17-20-8-5-9-21-17/h5,8-9H,1-4,6-7,10-15,18H2,(H,19,24). The number of hydrogen-bond donors (Lipinski definition) is 2. The van der Waals surface area contributed by atoms with Gasteiger partial charge in [-0.05, 0) is 25.5 Å². The number of hydrogen-bond acceptors (Lipinski definition) is 6. The summed E-state index contributed by atoms with van der Waals surface area (Å²) in [6, 6.07) is 1.83. The fraction of sp³-hybridized carbons (Fsp3) is 0.706. The van der Waals surface area contributed by atoms with E-state index in [1.54, 1.807) is 12.4 Å². The molecule has 1 saturated heterocycles. The normalized spacial score (nSPS) is 15.5. The van der Waals surface area contributed by atoms with Gasteiger partial charge in [0.25, 0.3) is 0 Å². The SMILES string of the molecule is NCCCCCCC(=O)NCCN1CCN(c2ncccn2)CC1. The number of nitrogens with one attached hydrogen (secondary N) is 1. The Balaban J connectivity index is 1.52. The maximum absolute atomic E-state index is 11.8. The third-order valence-corrected chi connectivity index (χ3v) is 4.32. The van der Waals surface area contributed by atoms with Crippen molar-refractivity contribution in [1.82, 2.24) is 20.2 Å². The number of aromatic nitrogens is 2. The van der Waals surface area contributed by atoms with Crippen molar-refractivity contribution in [3.63, 3.8) is 0 Å². The number of piperazine rings is 1. The van der Waals surface area contributed by atoms with Crippen molar-refractivity contribution in [3.05, 3.63) is 18.5 Å². The lowest BCUT2D eigenvalue weighted by atomic mass is 10.1. The molecule has 1 amide bonds. The molecule has 7 heteroatoms. The van der Waals surface area contributed by atoms with Crippen LogP contribution in [0.4, 0.5) is 5.95 Å². The molecular formula is C17H30N6O. The van der Waals surface area contributed by atoms with E-state index in [4.69, 9.17) is 5.73 Å². The van der Waals surface area contributed by atoms with Gasteiger partial charge in [0.1, 0.15) is 0 Å². The molecule has 0 unspecified atom stereocenters. The Morgan fingerprint density at radius 3 is 2.50 bits per heavy atom. The van der Waals surface area contributed by atoms with Gasteiger partial charge in [0, 0.05) is 58.1 Å². The van der Waals surface area contributed by atoms with Gasteiger partial charge in [0.2, 0.25) is 11.9 Å². The number of nitrogens with zero attached hydrogens (tertiary/aromatic N) is 4. The van der Waals surface area contributed by atoms with Gasteiger partial charge in [-0.25, -0.2) is 9.97 Å². The van der Waals surface area contributed by atoms with Crippen LogP contribution in [0.5, 0.6) is 0 Å². The lowest BCUT2D eigenvalue weighted by Crippen LogP contribution is -2.49. The number of nitrogens with two attached hydrogens (primary N) is 1. The second-order valence-electron chi connectivity index (χ2n) is 6.18. The first-order valence-corrected chi connectivity index (χ1v) is 9.00. The van der Waals surface area contributed by atoms with Crippen molar-refractivity contribution < 1.29 is 4.79 Å². The number of anilines is 1. The van der Waals surface area contributed by atoms with E-state index in [2.05, 4.69) is 25.1 Å². The second kappa shape index (κ2) is 10.9. The highest BCUT2D eigenvalue weighted by molar-refractivity contribution is 5.75. The molecule has 0 aromatic carbocycles. The summed E-state index contributed by atoms with van der Waals surface area (Å²) in [6.07, 6.45) is 8.42. The van der Waals surface area contributed by atoms with Crippen LogP contribution in [0.2, 0.25) is 0 Å². The highest BCUT2D eigenvalue weighted by Crippen LogP contribution is 2.09. The molecule has 1 fully saturated rings. The summed E-state index contributed by atoms with van der Waals surface area (Å²) < 4.78 is 0. The van der Waals surface area contributed by atoms with E-state index in [1.165, 1.54) is 0 Å². The minimum atomic E-state index is 0.166. The van der Waals surface area contributed by atoms with Crippen LogP contribution in [-0.2, 0) is 4.79 Å². The molecule has 0 atom stereocenters. The van der Waals surface area contributed by atoms with Crippen molar-refractivity contribution in [1.29, 1.82) is 0 Å². The van der Waals surface area contributed by atoms with Crippen LogP contribution < -0.4 is 16.0 Å². The van der Waals surface area contributed by atoms with E-state index < -0.39 is 0 Å². The third kappa shape index (κ3) is 6.80. The number of unbranched alkanes of at least 4 members (excludes halogenated alkanes) is 3. The molecule has 3 N–H and O–H groups in total. The summed E-state index contributed by atoms with van der Waals surface area (Å²) in [5.74, 6) is 0.971. The van der Waals surface area contributed by atoms with Crippen LogP contribution in [0.25, 0.3) is 0 Å². The fourth-order valence-corrected chi connectivity index (χ4v) is 2.85. The molecule has 1 aliphatic heterocycles. The van der Waals surface area contributed by atoms with Crippen molar-refractivity contribution in [2.75, 3.05) is 50.7 Å². The highest BCUT2D eigenvalue weighted by Gasteiger charge is 2.18. The van der Waals surface area contributed by atoms with Crippen molar-refractivity contribution in [2.45, 2.75) is 32.1 Å². The predicted octanol–water partition coefficient (Wildman–Crippen LogP) is 0.624. The second-order valence-corrected chi connectivity index (χ2v) is 6.18. The zero-order valence-corrected chi connectivity index (χ0v) is 14.5. The van der Waals surface area contributed by atoms with E-state index in [0.717, 1.165) is 77.4 Å². The quantitative estimate of drug-likeness (QED) is 0.610. The first-order valence-electron chi connectivity index (χ1n) is 9.00. The van der Waals surface area contributed by atoms with Crippen molar-refractivity contribution >= 4 is 11.9 Å². The van der Waals surface area contributed by atoms with E-state index in [1.807, 2.05) is 6.07 Å².